The zero-order valence-corrected chi connectivity index (χ0v) is 20.5. The van der Waals surface area contributed by atoms with E-state index in [1.54, 1.807) is 18.2 Å². The molecule has 0 saturated carbocycles. The van der Waals surface area contributed by atoms with E-state index in [-0.39, 0.29) is 10.8 Å². The van der Waals surface area contributed by atoms with E-state index in [1.807, 2.05) is 30.3 Å². The van der Waals surface area contributed by atoms with E-state index in [4.69, 9.17) is 0 Å². The van der Waals surface area contributed by atoms with Gasteiger partial charge in [0.15, 0.2) is 0 Å². The van der Waals surface area contributed by atoms with Crippen molar-refractivity contribution < 1.29 is 13.2 Å². The van der Waals surface area contributed by atoms with Crippen LogP contribution in [-0.2, 0) is 21.4 Å². The Hall–Kier alpha value is -3.46. The molecule has 1 heterocycles. The summed E-state index contributed by atoms with van der Waals surface area (Å²) in [5.74, 6) is -0.251. The number of sulfonamides is 1. The number of rotatable bonds is 8. The summed E-state index contributed by atoms with van der Waals surface area (Å²) in [6.45, 7) is 4.94. The number of hydrogen-bond acceptors (Lipinski definition) is 5. The van der Waals surface area contributed by atoms with Crippen LogP contribution in [0.15, 0.2) is 89.8 Å². The summed E-state index contributed by atoms with van der Waals surface area (Å²) in [5.41, 5.74) is 3.95. The van der Waals surface area contributed by atoms with Crippen molar-refractivity contribution in [2.45, 2.75) is 11.4 Å². The first-order valence-corrected chi connectivity index (χ1v) is 13.1. The van der Waals surface area contributed by atoms with Gasteiger partial charge in [-0.05, 0) is 60.6 Å². The molecule has 8 heteroatoms. The smallest absolute Gasteiger partial charge is 0.248 e. The largest absolute Gasteiger partial charge is 0.369 e. The summed E-state index contributed by atoms with van der Waals surface area (Å²) in [5, 5.41) is 2.86. The van der Waals surface area contributed by atoms with Gasteiger partial charge in [-0.3, -0.25) is 9.69 Å². The van der Waals surface area contributed by atoms with E-state index >= 15 is 0 Å². The standard InChI is InChI=1S/C27H30N4O3S/c1-28-35(33,34)26-14-7-22(8-15-26)9-16-27(32)29-24-10-12-25(13-11-24)31-19-17-30(18-20-31)21-23-5-3-2-4-6-23/h2-16,28H,17-21H2,1H3,(H,29,32)/b16-9+. The van der Waals surface area contributed by atoms with E-state index in [2.05, 4.69) is 44.1 Å². The fourth-order valence-electron chi connectivity index (χ4n) is 3.99. The first kappa shape index (κ1) is 24.7. The molecule has 0 unspecified atom stereocenters. The maximum absolute atomic E-state index is 12.3. The lowest BCUT2D eigenvalue weighted by molar-refractivity contribution is -0.111. The lowest BCUT2D eigenvalue weighted by Crippen LogP contribution is -2.45. The molecule has 0 spiro atoms. The fourth-order valence-corrected chi connectivity index (χ4v) is 4.72. The predicted octanol–water partition coefficient (Wildman–Crippen LogP) is 3.57. The molecule has 1 saturated heterocycles. The first-order chi connectivity index (χ1) is 16.9. The molecule has 0 aliphatic carbocycles. The molecule has 0 bridgehead atoms. The summed E-state index contributed by atoms with van der Waals surface area (Å²) < 4.78 is 25.9. The Morgan fingerprint density at radius 2 is 1.54 bits per heavy atom. The van der Waals surface area contributed by atoms with Crippen LogP contribution in [0.3, 0.4) is 0 Å². The van der Waals surface area contributed by atoms with Crippen LogP contribution in [0.2, 0.25) is 0 Å². The Morgan fingerprint density at radius 1 is 0.886 bits per heavy atom. The lowest BCUT2D eigenvalue weighted by Gasteiger charge is -2.36. The van der Waals surface area contributed by atoms with Crippen molar-refractivity contribution in [1.82, 2.24) is 9.62 Å². The third-order valence-electron chi connectivity index (χ3n) is 6.01. The van der Waals surface area contributed by atoms with Gasteiger partial charge in [-0.2, -0.15) is 0 Å². The van der Waals surface area contributed by atoms with Crippen LogP contribution in [0.4, 0.5) is 11.4 Å². The molecular weight excluding hydrogens is 460 g/mol. The average Bonchev–Trinajstić information content (AvgIpc) is 2.89. The molecule has 0 radical (unpaired) electrons. The van der Waals surface area contributed by atoms with E-state index < -0.39 is 10.0 Å². The number of carbonyl (C=O) groups excluding carboxylic acids is 1. The number of amides is 1. The average molecular weight is 491 g/mol. The maximum Gasteiger partial charge on any atom is 0.248 e. The van der Waals surface area contributed by atoms with Crippen molar-refractivity contribution in [2.75, 3.05) is 43.4 Å². The number of carbonyl (C=O) groups is 1. The van der Waals surface area contributed by atoms with Gasteiger partial charge in [0, 0.05) is 50.2 Å². The zero-order valence-electron chi connectivity index (χ0n) is 19.7. The number of piperazine rings is 1. The SMILES string of the molecule is CNS(=O)(=O)c1ccc(/C=C/C(=O)Nc2ccc(N3CCN(Cc4ccccc4)CC3)cc2)cc1. The van der Waals surface area contributed by atoms with Gasteiger partial charge in [0.2, 0.25) is 15.9 Å². The van der Waals surface area contributed by atoms with Crippen LogP contribution in [0.5, 0.6) is 0 Å². The van der Waals surface area contributed by atoms with Gasteiger partial charge in [0.25, 0.3) is 0 Å². The summed E-state index contributed by atoms with van der Waals surface area (Å²) in [7, 11) is -2.11. The predicted molar refractivity (Wildman–Crippen MR) is 141 cm³/mol. The normalized spacial score (nSPS) is 14.8. The van der Waals surface area contributed by atoms with Gasteiger partial charge in [-0.15, -0.1) is 0 Å². The Bertz CT molecular complexity index is 1250. The minimum Gasteiger partial charge on any atom is -0.369 e. The summed E-state index contributed by atoms with van der Waals surface area (Å²) >= 11 is 0. The van der Waals surface area contributed by atoms with E-state index in [0.29, 0.717) is 0 Å². The topological polar surface area (TPSA) is 81.7 Å². The van der Waals surface area contributed by atoms with Crippen molar-refractivity contribution in [2.24, 2.45) is 0 Å². The minimum atomic E-state index is -3.47. The molecule has 0 atom stereocenters. The maximum atomic E-state index is 12.3. The number of anilines is 2. The van der Waals surface area contributed by atoms with E-state index in [1.165, 1.54) is 30.8 Å². The van der Waals surface area contributed by atoms with Crippen LogP contribution in [0.1, 0.15) is 11.1 Å². The Morgan fingerprint density at radius 3 is 2.17 bits per heavy atom. The van der Waals surface area contributed by atoms with Crippen LogP contribution >= 0.6 is 0 Å². The van der Waals surface area contributed by atoms with E-state index in [9.17, 15) is 13.2 Å². The quantitative estimate of drug-likeness (QED) is 0.472. The molecule has 7 nitrogen and oxygen atoms in total. The molecule has 3 aromatic carbocycles. The molecule has 182 valence electrons. The van der Waals surface area contributed by atoms with Crippen LogP contribution in [0, 0.1) is 0 Å². The monoisotopic (exact) mass is 490 g/mol. The summed E-state index contributed by atoms with van der Waals surface area (Å²) in [4.78, 5) is 17.3. The molecule has 2 N–H and O–H groups in total. The Balaban J connectivity index is 1.26. The minimum absolute atomic E-state index is 0.180. The molecule has 1 fully saturated rings. The molecule has 1 aliphatic heterocycles. The highest BCUT2D eigenvalue weighted by Gasteiger charge is 2.17. The van der Waals surface area contributed by atoms with Crippen molar-refractivity contribution in [3.63, 3.8) is 0 Å². The van der Waals surface area contributed by atoms with Gasteiger partial charge in [-0.25, -0.2) is 13.1 Å². The highest BCUT2D eigenvalue weighted by atomic mass is 32.2. The third-order valence-corrected chi connectivity index (χ3v) is 7.44. The van der Waals surface area contributed by atoms with Crippen molar-refractivity contribution in [3.8, 4) is 0 Å². The fraction of sp³-hybridized carbons (Fsp3) is 0.222. The Labute approximate surface area is 207 Å². The highest BCUT2D eigenvalue weighted by molar-refractivity contribution is 7.89. The van der Waals surface area contributed by atoms with Gasteiger partial charge >= 0.3 is 0 Å². The van der Waals surface area contributed by atoms with Gasteiger partial charge in [0.1, 0.15) is 0 Å². The second-order valence-electron chi connectivity index (χ2n) is 8.39. The van der Waals surface area contributed by atoms with Crippen molar-refractivity contribution in [1.29, 1.82) is 0 Å². The lowest BCUT2D eigenvalue weighted by atomic mass is 10.2. The molecule has 1 aliphatic rings. The molecule has 3 aromatic rings. The van der Waals surface area contributed by atoms with Crippen LogP contribution in [0.25, 0.3) is 6.08 Å². The molecular formula is C27H30N4O3S. The van der Waals surface area contributed by atoms with Crippen molar-refractivity contribution >= 4 is 33.4 Å². The highest BCUT2D eigenvalue weighted by Crippen LogP contribution is 2.20. The number of benzene rings is 3. The first-order valence-electron chi connectivity index (χ1n) is 11.6. The van der Waals surface area contributed by atoms with Crippen molar-refractivity contribution in [3.05, 3.63) is 96.1 Å². The summed E-state index contributed by atoms with van der Waals surface area (Å²) in [6.07, 6.45) is 3.08. The second-order valence-corrected chi connectivity index (χ2v) is 10.3. The molecule has 35 heavy (non-hydrogen) atoms. The van der Waals surface area contributed by atoms with Crippen LogP contribution in [-0.4, -0.2) is 52.5 Å². The third kappa shape index (κ3) is 6.79. The van der Waals surface area contributed by atoms with Crippen LogP contribution < -0.4 is 14.9 Å². The molecule has 1 amide bonds. The van der Waals surface area contributed by atoms with E-state index in [0.717, 1.165) is 49.7 Å². The zero-order chi connectivity index (χ0) is 24.7. The Kier molecular flexibility index (Phi) is 7.97. The number of hydrogen-bond donors (Lipinski definition) is 2. The number of nitrogens with one attached hydrogen (secondary N) is 2. The molecule has 4 rings (SSSR count). The molecule has 0 aromatic heterocycles. The van der Waals surface area contributed by atoms with Gasteiger partial charge in [0.05, 0.1) is 4.90 Å². The second kappa shape index (κ2) is 11.3. The number of nitrogens with zero attached hydrogens (tertiary/aromatic N) is 2. The van der Waals surface area contributed by atoms with Gasteiger partial charge in [-0.1, -0.05) is 42.5 Å². The van der Waals surface area contributed by atoms with Gasteiger partial charge < -0.3 is 10.2 Å². The summed E-state index contributed by atoms with van der Waals surface area (Å²) in [6, 6.07) is 24.8.